The number of carboxylic acid groups (broad SMARTS) is 1. The largest absolute Gasteiger partial charge is 0.465 e. The van der Waals surface area contributed by atoms with Gasteiger partial charge in [0.15, 0.2) is 0 Å². The number of benzene rings is 1. The second-order valence-electron chi connectivity index (χ2n) is 4.16. The maximum atomic E-state index is 12.0. The number of fused-ring (bicyclic) bond motifs is 1. The number of nitrogens with one attached hydrogen (secondary N) is 1. The number of rotatable bonds is 2. The SMILES string of the molecule is O=C(O)Nc1cccc(-c2nc(=O)c3ccccc3s2)n1. The molecular formula is C14H9N3O3S. The van der Waals surface area contributed by atoms with Crippen LogP contribution >= 0.6 is 11.3 Å². The van der Waals surface area contributed by atoms with Crippen LogP contribution in [0.5, 0.6) is 0 Å². The van der Waals surface area contributed by atoms with E-state index >= 15 is 0 Å². The lowest BCUT2D eigenvalue weighted by atomic mass is 10.3. The molecule has 0 saturated heterocycles. The monoisotopic (exact) mass is 299 g/mol. The van der Waals surface area contributed by atoms with Crippen molar-refractivity contribution in [3.63, 3.8) is 0 Å². The summed E-state index contributed by atoms with van der Waals surface area (Å²) in [4.78, 5) is 30.8. The Morgan fingerprint density at radius 2 is 1.90 bits per heavy atom. The normalized spacial score (nSPS) is 10.5. The van der Waals surface area contributed by atoms with Gasteiger partial charge in [-0.15, -0.1) is 11.3 Å². The van der Waals surface area contributed by atoms with Crippen LogP contribution in [-0.4, -0.2) is 21.2 Å². The minimum absolute atomic E-state index is 0.189. The molecule has 0 fully saturated rings. The van der Waals surface area contributed by atoms with Gasteiger partial charge < -0.3 is 5.11 Å². The van der Waals surface area contributed by atoms with Crippen LogP contribution < -0.4 is 10.9 Å². The highest BCUT2D eigenvalue weighted by Gasteiger charge is 2.09. The van der Waals surface area contributed by atoms with Crippen molar-refractivity contribution in [2.24, 2.45) is 0 Å². The van der Waals surface area contributed by atoms with E-state index in [1.54, 1.807) is 24.3 Å². The van der Waals surface area contributed by atoms with E-state index in [9.17, 15) is 9.59 Å². The molecule has 104 valence electrons. The van der Waals surface area contributed by atoms with E-state index in [0.717, 1.165) is 4.70 Å². The van der Waals surface area contributed by atoms with Gasteiger partial charge in [-0.2, -0.15) is 4.98 Å². The molecule has 2 N–H and O–H groups in total. The number of aromatic nitrogens is 2. The number of carbonyl (C=O) groups is 1. The molecule has 0 spiro atoms. The first-order chi connectivity index (χ1) is 10.1. The zero-order valence-electron chi connectivity index (χ0n) is 10.6. The molecule has 0 aliphatic rings. The highest BCUT2D eigenvalue weighted by Crippen LogP contribution is 2.25. The fourth-order valence-electron chi connectivity index (χ4n) is 1.85. The van der Waals surface area contributed by atoms with E-state index in [1.165, 1.54) is 17.4 Å². The van der Waals surface area contributed by atoms with E-state index in [4.69, 9.17) is 5.11 Å². The molecule has 1 aromatic carbocycles. The number of amides is 1. The van der Waals surface area contributed by atoms with Crippen LogP contribution in [0.15, 0.2) is 47.3 Å². The molecule has 0 radical (unpaired) electrons. The summed E-state index contributed by atoms with van der Waals surface area (Å²) in [5.41, 5.74) is 0.131. The number of hydrogen-bond donors (Lipinski definition) is 2. The first-order valence-corrected chi connectivity index (χ1v) is 6.82. The minimum atomic E-state index is -1.20. The van der Waals surface area contributed by atoms with Crippen molar-refractivity contribution in [3.8, 4) is 10.7 Å². The van der Waals surface area contributed by atoms with Crippen LogP contribution in [0.25, 0.3) is 20.8 Å². The summed E-state index contributed by atoms with van der Waals surface area (Å²) in [5.74, 6) is 0.189. The van der Waals surface area contributed by atoms with Gasteiger partial charge in [-0.05, 0) is 24.3 Å². The molecule has 3 rings (SSSR count). The summed E-state index contributed by atoms with van der Waals surface area (Å²) in [6.07, 6.45) is -1.20. The molecule has 21 heavy (non-hydrogen) atoms. The molecule has 0 unspecified atom stereocenters. The molecule has 0 atom stereocenters. The molecule has 0 saturated carbocycles. The molecule has 0 aliphatic carbocycles. The summed E-state index contributed by atoms with van der Waals surface area (Å²) in [7, 11) is 0. The van der Waals surface area contributed by atoms with Gasteiger partial charge in [0.2, 0.25) is 0 Å². The van der Waals surface area contributed by atoms with Crippen molar-refractivity contribution < 1.29 is 9.90 Å². The lowest BCUT2D eigenvalue weighted by molar-refractivity contribution is 0.209. The van der Waals surface area contributed by atoms with E-state index in [1.807, 2.05) is 12.1 Å². The Morgan fingerprint density at radius 3 is 2.71 bits per heavy atom. The highest BCUT2D eigenvalue weighted by atomic mass is 32.1. The van der Waals surface area contributed by atoms with Crippen LogP contribution in [0.2, 0.25) is 0 Å². The van der Waals surface area contributed by atoms with Gasteiger partial charge in [-0.1, -0.05) is 18.2 Å². The maximum Gasteiger partial charge on any atom is 0.410 e. The van der Waals surface area contributed by atoms with Crippen molar-refractivity contribution >= 4 is 33.3 Å². The van der Waals surface area contributed by atoms with Crippen LogP contribution in [0.1, 0.15) is 0 Å². The summed E-state index contributed by atoms with van der Waals surface area (Å²) in [6.45, 7) is 0. The molecule has 0 aliphatic heterocycles. The van der Waals surface area contributed by atoms with Crippen molar-refractivity contribution in [1.29, 1.82) is 0 Å². The van der Waals surface area contributed by atoms with Gasteiger partial charge in [0, 0.05) is 4.70 Å². The second kappa shape index (κ2) is 5.29. The summed E-state index contributed by atoms with van der Waals surface area (Å²) in [6, 6.07) is 12.1. The predicted octanol–water partition coefficient (Wildman–Crippen LogP) is 2.81. The molecule has 6 nitrogen and oxygen atoms in total. The predicted molar refractivity (Wildman–Crippen MR) is 80.8 cm³/mol. The van der Waals surface area contributed by atoms with Crippen LogP contribution in [0, 0.1) is 0 Å². The van der Waals surface area contributed by atoms with Crippen LogP contribution in [-0.2, 0) is 0 Å². The maximum absolute atomic E-state index is 12.0. The molecule has 7 heteroatoms. The van der Waals surface area contributed by atoms with Gasteiger partial charge in [0.25, 0.3) is 5.56 Å². The average Bonchev–Trinajstić information content (AvgIpc) is 2.47. The third-order valence-corrected chi connectivity index (χ3v) is 3.80. The first-order valence-electron chi connectivity index (χ1n) is 6.01. The molecule has 2 heterocycles. The standard InChI is InChI=1S/C14H9N3O3S/c18-12-8-4-1-2-6-10(8)21-13(17-12)9-5-3-7-11(15-9)16-14(19)20/h1-7H,(H,15,16)(H,19,20). The van der Waals surface area contributed by atoms with Gasteiger partial charge in [-0.3, -0.25) is 10.1 Å². The fraction of sp³-hybridized carbons (Fsp3) is 0. The Kier molecular flexibility index (Phi) is 3.33. The lowest BCUT2D eigenvalue weighted by Gasteiger charge is -2.04. The van der Waals surface area contributed by atoms with E-state index < -0.39 is 6.09 Å². The zero-order valence-corrected chi connectivity index (χ0v) is 11.4. The van der Waals surface area contributed by atoms with Crippen molar-refractivity contribution in [2.75, 3.05) is 5.32 Å². The lowest BCUT2D eigenvalue weighted by Crippen LogP contribution is -2.09. The molecule has 0 bridgehead atoms. The molecule has 2 aromatic heterocycles. The Balaban J connectivity index is 2.12. The molecule has 3 aromatic rings. The Morgan fingerprint density at radius 1 is 1.10 bits per heavy atom. The van der Waals surface area contributed by atoms with Gasteiger partial charge in [0.1, 0.15) is 16.5 Å². The highest BCUT2D eigenvalue weighted by molar-refractivity contribution is 7.21. The zero-order chi connectivity index (χ0) is 14.8. The number of nitrogens with zero attached hydrogens (tertiary/aromatic N) is 2. The quantitative estimate of drug-likeness (QED) is 0.759. The van der Waals surface area contributed by atoms with Crippen molar-refractivity contribution in [3.05, 3.63) is 52.8 Å². The summed E-state index contributed by atoms with van der Waals surface area (Å²) in [5, 5.41) is 11.9. The topological polar surface area (TPSA) is 92.2 Å². The molecule has 1 amide bonds. The summed E-state index contributed by atoms with van der Waals surface area (Å²) < 4.78 is 0.811. The minimum Gasteiger partial charge on any atom is -0.465 e. The van der Waals surface area contributed by atoms with Gasteiger partial charge in [-0.25, -0.2) is 9.78 Å². The number of hydrogen-bond acceptors (Lipinski definition) is 5. The number of anilines is 1. The number of pyridine rings is 1. The van der Waals surface area contributed by atoms with E-state index in [2.05, 4.69) is 15.3 Å². The Labute approximate surface area is 122 Å². The third-order valence-electron chi connectivity index (χ3n) is 2.73. The summed E-state index contributed by atoms with van der Waals surface area (Å²) >= 11 is 1.33. The average molecular weight is 299 g/mol. The van der Waals surface area contributed by atoms with Crippen LogP contribution in [0.4, 0.5) is 10.6 Å². The fourth-order valence-corrected chi connectivity index (χ4v) is 2.82. The van der Waals surface area contributed by atoms with Crippen LogP contribution in [0.3, 0.4) is 0 Å². The first kappa shape index (κ1) is 13.2. The molecular weight excluding hydrogens is 290 g/mol. The van der Waals surface area contributed by atoms with Crippen molar-refractivity contribution in [1.82, 2.24) is 9.97 Å². The Hall–Kier alpha value is -2.80. The van der Waals surface area contributed by atoms with E-state index in [-0.39, 0.29) is 11.4 Å². The second-order valence-corrected chi connectivity index (χ2v) is 5.19. The van der Waals surface area contributed by atoms with Crippen molar-refractivity contribution in [2.45, 2.75) is 0 Å². The van der Waals surface area contributed by atoms with Gasteiger partial charge >= 0.3 is 6.09 Å². The smallest absolute Gasteiger partial charge is 0.410 e. The Bertz CT molecular complexity index is 892. The third kappa shape index (κ3) is 2.72. The van der Waals surface area contributed by atoms with Gasteiger partial charge in [0.05, 0.1) is 5.39 Å². The van der Waals surface area contributed by atoms with E-state index in [0.29, 0.717) is 16.1 Å².